The smallest absolute Gasteiger partial charge is 0.251 e. The van der Waals surface area contributed by atoms with Gasteiger partial charge < -0.3 is 21.7 Å². The van der Waals surface area contributed by atoms with Gasteiger partial charge in [-0.2, -0.15) is 0 Å². The number of nitrogens with one attached hydrogen (secondary N) is 3. The molecule has 0 fully saturated rings. The van der Waals surface area contributed by atoms with Gasteiger partial charge in [0.2, 0.25) is 5.91 Å². The van der Waals surface area contributed by atoms with Crippen molar-refractivity contribution in [1.82, 2.24) is 16.0 Å². The number of aliphatic imine (C=N–C) groups is 1. The summed E-state index contributed by atoms with van der Waals surface area (Å²) in [5.41, 5.74) is 6.75. The van der Waals surface area contributed by atoms with E-state index in [2.05, 4.69) is 41.7 Å². The average molecular weight is 390 g/mol. The minimum atomic E-state index is -0.568. The van der Waals surface area contributed by atoms with Crippen LogP contribution in [-0.2, 0) is 11.3 Å². The number of nitrogens with zero attached hydrogens (tertiary/aromatic N) is 1. The monoisotopic (exact) mass is 389 g/mol. The molecule has 5 N–H and O–H groups in total. The Hall–Kier alpha value is -2.57. The lowest BCUT2D eigenvalue weighted by atomic mass is 9.87. The third-order valence-electron chi connectivity index (χ3n) is 4.51. The zero-order valence-corrected chi connectivity index (χ0v) is 17.6. The number of carbonyl (C=O) groups excluding carboxylic acids is 2. The molecule has 1 aromatic carbocycles. The summed E-state index contributed by atoms with van der Waals surface area (Å²) in [5, 5.41) is 9.15. The predicted octanol–water partition coefficient (Wildman–Crippen LogP) is 2.17. The highest BCUT2D eigenvalue weighted by atomic mass is 16.2. The van der Waals surface area contributed by atoms with Crippen LogP contribution < -0.4 is 21.7 Å². The highest BCUT2D eigenvalue weighted by Gasteiger charge is 2.17. The van der Waals surface area contributed by atoms with Crippen molar-refractivity contribution in [3.8, 4) is 0 Å². The summed E-state index contributed by atoms with van der Waals surface area (Å²) >= 11 is 0. The molecule has 7 heteroatoms. The number of guanidine groups is 1. The highest BCUT2D eigenvalue weighted by molar-refractivity contribution is 5.96. The Morgan fingerprint density at radius 1 is 1.07 bits per heavy atom. The van der Waals surface area contributed by atoms with Crippen molar-refractivity contribution in [2.75, 3.05) is 20.1 Å². The van der Waals surface area contributed by atoms with Crippen LogP contribution >= 0.6 is 0 Å². The molecule has 28 heavy (non-hydrogen) atoms. The van der Waals surface area contributed by atoms with Gasteiger partial charge in [0, 0.05) is 25.7 Å². The van der Waals surface area contributed by atoms with Gasteiger partial charge in [0.25, 0.3) is 5.91 Å². The van der Waals surface area contributed by atoms with Crippen LogP contribution in [0.4, 0.5) is 0 Å². The van der Waals surface area contributed by atoms with E-state index in [1.165, 1.54) is 25.7 Å². The largest absolute Gasteiger partial charge is 0.368 e. The number of carbonyl (C=O) groups is 2. The Morgan fingerprint density at radius 2 is 1.75 bits per heavy atom. The number of benzene rings is 1. The Kier molecular flexibility index (Phi) is 10.1. The van der Waals surface area contributed by atoms with Gasteiger partial charge in [0.1, 0.15) is 0 Å². The maximum atomic E-state index is 11.9. The Labute approximate surface area is 168 Å². The lowest BCUT2D eigenvalue weighted by molar-refractivity contribution is -0.117. The van der Waals surface area contributed by atoms with Crippen molar-refractivity contribution in [3.05, 3.63) is 35.4 Å². The SMILES string of the molecule is CCCCCC(C)(C)CNC(=NC)NCc1ccc(C(=O)NCC(N)=O)cc1. The van der Waals surface area contributed by atoms with E-state index < -0.39 is 5.91 Å². The number of hydrogen-bond acceptors (Lipinski definition) is 3. The molecule has 0 radical (unpaired) electrons. The molecule has 0 aliphatic heterocycles. The highest BCUT2D eigenvalue weighted by Crippen LogP contribution is 2.22. The molecule has 0 unspecified atom stereocenters. The van der Waals surface area contributed by atoms with Crippen LogP contribution in [0.5, 0.6) is 0 Å². The number of hydrogen-bond donors (Lipinski definition) is 4. The second kappa shape index (κ2) is 12.0. The summed E-state index contributed by atoms with van der Waals surface area (Å²) in [5.74, 6) is -0.130. The summed E-state index contributed by atoms with van der Waals surface area (Å²) in [4.78, 5) is 26.9. The lowest BCUT2D eigenvalue weighted by Crippen LogP contribution is -2.41. The fourth-order valence-electron chi connectivity index (χ4n) is 2.71. The van der Waals surface area contributed by atoms with Gasteiger partial charge in [-0.05, 0) is 29.5 Å². The van der Waals surface area contributed by atoms with E-state index in [-0.39, 0.29) is 17.9 Å². The van der Waals surface area contributed by atoms with Gasteiger partial charge in [0.05, 0.1) is 6.54 Å². The van der Waals surface area contributed by atoms with Gasteiger partial charge >= 0.3 is 0 Å². The fourth-order valence-corrected chi connectivity index (χ4v) is 2.71. The number of nitrogens with two attached hydrogens (primary N) is 1. The van der Waals surface area contributed by atoms with Crippen molar-refractivity contribution in [2.24, 2.45) is 16.1 Å². The fraction of sp³-hybridized carbons (Fsp3) is 0.571. The van der Waals surface area contributed by atoms with Crippen molar-refractivity contribution in [1.29, 1.82) is 0 Å². The normalized spacial score (nSPS) is 11.8. The van der Waals surface area contributed by atoms with Crippen LogP contribution in [0.3, 0.4) is 0 Å². The van der Waals surface area contributed by atoms with Crippen LogP contribution in [0.15, 0.2) is 29.3 Å². The molecule has 0 atom stereocenters. The molecule has 1 aromatic rings. The predicted molar refractivity (Wildman–Crippen MR) is 114 cm³/mol. The average Bonchev–Trinajstić information content (AvgIpc) is 2.66. The first-order valence-corrected chi connectivity index (χ1v) is 9.87. The summed E-state index contributed by atoms with van der Waals surface area (Å²) in [6.07, 6.45) is 4.94. The molecule has 0 aromatic heterocycles. The maximum Gasteiger partial charge on any atom is 0.251 e. The first kappa shape index (κ1) is 23.5. The summed E-state index contributed by atoms with van der Waals surface area (Å²) in [6.45, 7) is 8.04. The van der Waals surface area contributed by atoms with Crippen LogP contribution in [0, 0.1) is 5.41 Å². The van der Waals surface area contributed by atoms with E-state index in [1.54, 1.807) is 19.2 Å². The van der Waals surface area contributed by atoms with E-state index in [4.69, 9.17) is 5.73 Å². The zero-order chi connectivity index (χ0) is 21.0. The summed E-state index contributed by atoms with van der Waals surface area (Å²) < 4.78 is 0. The van der Waals surface area contributed by atoms with E-state index in [0.29, 0.717) is 12.1 Å². The van der Waals surface area contributed by atoms with Crippen molar-refractivity contribution in [3.63, 3.8) is 0 Å². The minimum Gasteiger partial charge on any atom is -0.368 e. The molecule has 0 aliphatic rings. The molecular weight excluding hydrogens is 354 g/mol. The molecule has 0 aliphatic carbocycles. The van der Waals surface area contributed by atoms with Crippen LogP contribution in [0.2, 0.25) is 0 Å². The van der Waals surface area contributed by atoms with Gasteiger partial charge in [-0.1, -0.05) is 52.2 Å². The second-order valence-electron chi connectivity index (χ2n) is 7.75. The molecule has 156 valence electrons. The maximum absolute atomic E-state index is 11.9. The number of amides is 2. The molecule has 0 saturated carbocycles. The molecule has 2 amide bonds. The Bertz CT molecular complexity index is 653. The van der Waals surface area contributed by atoms with Crippen LogP contribution in [0.1, 0.15) is 62.4 Å². The molecule has 1 rings (SSSR count). The standard InChI is InChI=1S/C21H35N5O2/c1-5-6-7-12-21(2,3)15-26-20(23-4)25-13-16-8-10-17(11-9-16)19(28)24-14-18(22)27/h8-11H,5-7,12-15H2,1-4H3,(H2,22,27)(H,24,28)(H2,23,25,26). The summed E-state index contributed by atoms with van der Waals surface area (Å²) in [7, 11) is 1.76. The number of unbranched alkanes of at least 4 members (excludes halogenated alkanes) is 2. The van der Waals surface area contributed by atoms with E-state index in [0.717, 1.165) is 18.1 Å². The molecule has 0 heterocycles. The van der Waals surface area contributed by atoms with Gasteiger partial charge in [0.15, 0.2) is 5.96 Å². The van der Waals surface area contributed by atoms with Crippen molar-refractivity contribution in [2.45, 2.75) is 53.0 Å². The van der Waals surface area contributed by atoms with Crippen LogP contribution in [0.25, 0.3) is 0 Å². The van der Waals surface area contributed by atoms with E-state index in [9.17, 15) is 9.59 Å². The summed E-state index contributed by atoms with van der Waals surface area (Å²) in [6, 6.07) is 7.18. The first-order valence-electron chi connectivity index (χ1n) is 9.87. The molecule has 0 bridgehead atoms. The Morgan fingerprint density at radius 3 is 2.32 bits per heavy atom. The van der Waals surface area contributed by atoms with Gasteiger partial charge in [-0.25, -0.2) is 0 Å². The lowest BCUT2D eigenvalue weighted by Gasteiger charge is -2.26. The molecular formula is C21H35N5O2. The van der Waals surface area contributed by atoms with E-state index >= 15 is 0 Å². The van der Waals surface area contributed by atoms with Crippen LogP contribution in [-0.4, -0.2) is 37.9 Å². The Balaban J connectivity index is 2.46. The molecule has 7 nitrogen and oxygen atoms in total. The van der Waals surface area contributed by atoms with Crippen molar-refractivity contribution < 1.29 is 9.59 Å². The number of rotatable bonds is 11. The third-order valence-corrected chi connectivity index (χ3v) is 4.51. The topological polar surface area (TPSA) is 109 Å². The molecule has 0 spiro atoms. The minimum absolute atomic E-state index is 0.168. The third kappa shape index (κ3) is 9.39. The van der Waals surface area contributed by atoms with Gasteiger partial charge in [-0.3, -0.25) is 14.6 Å². The molecule has 0 saturated heterocycles. The van der Waals surface area contributed by atoms with E-state index in [1.807, 2.05) is 12.1 Å². The van der Waals surface area contributed by atoms with Gasteiger partial charge in [-0.15, -0.1) is 0 Å². The second-order valence-corrected chi connectivity index (χ2v) is 7.75. The zero-order valence-electron chi connectivity index (χ0n) is 17.6. The first-order chi connectivity index (χ1) is 13.3. The quantitative estimate of drug-likeness (QED) is 0.264. The van der Waals surface area contributed by atoms with Crippen molar-refractivity contribution >= 4 is 17.8 Å². The number of primary amides is 1.